The molecule has 2 fully saturated rings. The number of β-lactam (4-membered cyclic amide) rings is 1. The molecule has 0 aliphatic carbocycles. The van der Waals surface area contributed by atoms with Crippen LogP contribution in [0.15, 0.2) is 30.3 Å². The highest BCUT2D eigenvalue weighted by molar-refractivity contribution is 9.09. The molecule has 4 atom stereocenters. The van der Waals surface area contributed by atoms with Crippen LogP contribution in [0.4, 0.5) is 0 Å². The first-order chi connectivity index (χ1) is 12.4. The van der Waals surface area contributed by atoms with E-state index in [9.17, 15) is 14.4 Å². The van der Waals surface area contributed by atoms with E-state index in [1.54, 1.807) is 12.1 Å². The minimum absolute atomic E-state index is 0.179. The number of nitrogens with zero attached hydrogens (tertiary/aromatic N) is 1. The quantitative estimate of drug-likeness (QED) is 0.404. The zero-order valence-electron chi connectivity index (χ0n) is 14.3. The third kappa shape index (κ3) is 3.29. The van der Waals surface area contributed by atoms with Crippen molar-refractivity contribution in [3.05, 3.63) is 30.3 Å². The summed E-state index contributed by atoms with van der Waals surface area (Å²) >= 11 is 4.91. The van der Waals surface area contributed by atoms with Gasteiger partial charge in [-0.05, 0) is 19.1 Å². The average molecular weight is 443 g/mol. The van der Waals surface area contributed by atoms with Crippen molar-refractivity contribution in [3.8, 4) is 5.75 Å². The smallest absolute Gasteiger partial charge is 0.330 e. The van der Waals surface area contributed by atoms with Crippen molar-refractivity contribution in [2.45, 2.75) is 29.1 Å². The number of thioether (sulfide) groups is 1. The normalized spacial score (nSPS) is 29.6. The number of hydrogen-bond acceptors (Lipinski definition) is 6. The Hall–Kier alpha value is -1.74. The van der Waals surface area contributed by atoms with Crippen LogP contribution in [0, 0.1) is 0 Å². The Labute approximate surface area is 163 Å². The number of para-hydroxylation sites is 1. The largest absolute Gasteiger partial charge is 0.484 e. The number of methoxy groups -OCH3 is 1. The van der Waals surface area contributed by atoms with Crippen molar-refractivity contribution in [3.63, 3.8) is 0 Å². The summed E-state index contributed by atoms with van der Waals surface area (Å²) in [5.74, 6) is -0.533. The number of alkyl halides is 1. The molecule has 0 radical (unpaired) electrons. The lowest BCUT2D eigenvalue weighted by atomic mass is 9.96. The highest BCUT2D eigenvalue weighted by Gasteiger charge is 2.65. The first-order valence-corrected chi connectivity index (χ1v) is 10.0. The molecule has 26 heavy (non-hydrogen) atoms. The maximum atomic E-state index is 12.5. The third-order valence-corrected chi connectivity index (χ3v) is 7.63. The number of halogens is 1. The molecule has 7 nitrogen and oxygen atoms in total. The van der Waals surface area contributed by atoms with Crippen molar-refractivity contribution in [2.75, 3.05) is 19.0 Å². The molecule has 2 aliphatic heterocycles. The number of nitrogens with one attached hydrogen (secondary N) is 1. The molecular formula is C17H19BrN2O5S. The predicted octanol–water partition coefficient (Wildman–Crippen LogP) is 1.16. The maximum absolute atomic E-state index is 12.5. The molecular weight excluding hydrogens is 424 g/mol. The van der Waals surface area contributed by atoms with E-state index in [2.05, 4.69) is 21.2 Å². The van der Waals surface area contributed by atoms with Crippen molar-refractivity contribution in [1.29, 1.82) is 0 Å². The number of benzene rings is 1. The van der Waals surface area contributed by atoms with Gasteiger partial charge >= 0.3 is 5.97 Å². The second-order valence-corrected chi connectivity index (χ2v) is 8.48. The highest BCUT2D eigenvalue weighted by Crippen LogP contribution is 2.51. The van der Waals surface area contributed by atoms with Gasteiger partial charge in [0.1, 0.15) is 23.2 Å². The summed E-state index contributed by atoms with van der Waals surface area (Å²) in [6.45, 7) is 1.72. The Morgan fingerprint density at radius 1 is 1.35 bits per heavy atom. The SMILES string of the molecule is COC(=O)C1N2C(=O)C(NC(=O)COc3ccccc3)[C@H]2SC1(C)CBr. The van der Waals surface area contributed by atoms with Gasteiger partial charge in [0.05, 0.1) is 11.9 Å². The van der Waals surface area contributed by atoms with Crippen LogP contribution in [-0.2, 0) is 19.1 Å². The van der Waals surface area contributed by atoms with Crippen LogP contribution < -0.4 is 10.1 Å². The van der Waals surface area contributed by atoms with Gasteiger partial charge in [0.2, 0.25) is 5.91 Å². The lowest BCUT2D eigenvalue weighted by Gasteiger charge is -2.43. The molecule has 3 unspecified atom stereocenters. The van der Waals surface area contributed by atoms with E-state index in [1.807, 2.05) is 25.1 Å². The van der Waals surface area contributed by atoms with Crippen LogP contribution in [0.25, 0.3) is 0 Å². The molecule has 1 N–H and O–H groups in total. The standard InChI is InChI=1S/C17H19BrN2O5S/c1-17(9-18)13(16(23)24-2)20-14(22)12(15(20)26-17)19-11(21)8-25-10-6-4-3-5-7-10/h3-7,12-13,15H,8-9H2,1-2H3,(H,19,21)/t12?,13?,15-,17?/m1/s1. The van der Waals surface area contributed by atoms with Gasteiger partial charge in [-0.3, -0.25) is 9.59 Å². The number of esters is 1. The van der Waals surface area contributed by atoms with Crippen LogP contribution in [-0.4, -0.2) is 63.9 Å². The van der Waals surface area contributed by atoms with E-state index in [-0.39, 0.29) is 23.8 Å². The van der Waals surface area contributed by atoms with Gasteiger partial charge in [0.15, 0.2) is 6.61 Å². The molecule has 0 saturated carbocycles. The molecule has 1 aromatic rings. The molecule has 3 rings (SSSR count). The molecule has 140 valence electrons. The topological polar surface area (TPSA) is 84.9 Å². The molecule has 2 aliphatic rings. The zero-order valence-corrected chi connectivity index (χ0v) is 16.7. The van der Waals surface area contributed by atoms with E-state index in [1.165, 1.54) is 23.8 Å². The van der Waals surface area contributed by atoms with E-state index in [4.69, 9.17) is 9.47 Å². The van der Waals surface area contributed by atoms with Gasteiger partial charge in [-0.1, -0.05) is 34.1 Å². The number of hydrogen-bond donors (Lipinski definition) is 1. The summed E-state index contributed by atoms with van der Waals surface area (Å²) in [7, 11) is 1.30. The maximum Gasteiger partial charge on any atom is 0.330 e. The molecule has 2 saturated heterocycles. The minimum Gasteiger partial charge on any atom is -0.484 e. The van der Waals surface area contributed by atoms with Gasteiger partial charge in [-0.15, -0.1) is 11.8 Å². The minimum atomic E-state index is -0.678. The van der Waals surface area contributed by atoms with Crippen molar-refractivity contribution in [1.82, 2.24) is 10.2 Å². The van der Waals surface area contributed by atoms with Gasteiger partial charge in [-0.2, -0.15) is 0 Å². The number of rotatable bonds is 6. The summed E-state index contributed by atoms with van der Waals surface area (Å²) in [6.07, 6.45) is 0. The van der Waals surface area contributed by atoms with Crippen LogP contribution >= 0.6 is 27.7 Å². The zero-order chi connectivity index (χ0) is 18.9. The highest BCUT2D eigenvalue weighted by atomic mass is 79.9. The van der Waals surface area contributed by atoms with Gasteiger partial charge < -0.3 is 19.7 Å². The summed E-state index contributed by atoms with van der Waals surface area (Å²) in [5.41, 5.74) is 0. The second kappa shape index (κ2) is 7.48. The number of carbonyl (C=O) groups is 3. The van der Waals surface area contributed by atoms with Crippen LogP contribution in [0.5, 0.6) is 5.75 Å². The number of fused-ring (bicyclic) bond motifs is 1. The lowest BCUT2D eigenvalue weighted by molar-refractivity contribution is -0.162. The van der Waals surface area contributed by atoms with Gasteiger partial charge in [0, 0.05) is 5.33 Å². The number of carbonyl (C=O) groups excluding carboxylic acids is 3. The molecule has 9 heteroatoms. The Bertz CT molecular complexity index is 718. The molecule has 0 aromatic heterocycles. The van der Waals surface area contributed by atoms with Crippen molar-refractivity contribution >= 4 is 45.5 Å². The first kappa shape index (κ1) is 19.0. The van der Waals surface area contributed by atoms with E-state index in [0.717, 1.165) is 0 Å². The Morgan fingerprint density at radius 3 is 2.65 bits per heavy atom. The number of amides is 2. The first-order valence-electron chi connectivity index (χ1n) is 8.02. The van der Waals surface area contributed by atoms with E-state index < -0.39 is 22.8 Å². The van der Waals surface area contributed by atoms with Gasteiger partial charge in [0.25, 0.3) is 5.91 Å². The molecule has 0 bridgehead atoms. The van der Waals surface area contributed by atoms with Crippen LogP contribution in [0.1, 0.15) is 6.92 Å². The summed E-state index contributed by atoms with van der Waals surface area (Å²) in [5, 5.41) is 2.92. The number of ether oxygens (including phenoxy) is 2. The Kier molecular flexibility index (Phi) is 5.47. The lowest BCUT2D eigenvalue weighted by Crippen LogP contribution is -2.71. The molecule has 2 amide bonds. The monoisotopic (exact) mass is 442 g/mol. The molecule has 1 aromatic carbocycles. The average Bonchev–Trinajstić information content (AvgIpc) is 2.95. The van der Waals surface area contributed by atoms with E-state index in [0.29, 0.717) is 11.1 Å². The van der Waals surface area contributed by atoms with Gasteiger partial charge in [-0.25, -0.2) is 4.79 Å². The molecule has 0 spiro atoms. The van der Waals surface area contributed by atoms with Crippen molar-refractivity contribution < 1.29 is 23.9 Å². The fourth-order valence-electron chi connectivity index (χ4n) is 3.11. The summed E-state index contributed by atoms with van der Waals surface area (Å²) in [4.78, 5) is 38.3. The second-order valence-electron chi connectivity index (χ2n) is 6.27. The van der Waals surface area contributed by atoms with Crippen LogP contribution in [0.2, 0.25) is 0 Å². The van der Waals surface area contributed by atoms with Crippen LogP contribution in [0.3, 0.4) is 0 Å². The fraction of sp³-hybridized carbons (Fsp3) is 0.471. The predicted molar refractivity (Wildman–Crippen MR) is 100 cm³/mol. The fourth-order valence-corrected chi connectivity index (χ4v) is 5.43. The molecule has 2 heterocycles. The summed E-state index contributed by atoms with van der Waals surface area (Å²) in [6, 6.07) is 7.62. The Balaban J connectivity index is 1.62. The summed E-state index contributed by atoms with van der Waals surface area (Å²) < 4.78 is 9.74. The Morgan fingerprint density at radius 2 is 2.04 bits per heavy atom. The third-order valence-electron chi connectivity index (χ3n) is 4.45. The van der Waals surface area contributed by atoms with Crippen molar-refractivity contribution in [2.24, 2.45) is 0 Å². The van der Waals surface area contributed by atoms with E-state index >= 15 is 0 Å².